The summed E-state index contributed by atoms with van der Waals surface area (Å²) in [5.74, 6) is -0.513. The predicted octanol–water partition coefficient (Wildman–Crippen LogP) is 2.76. The van der Waals surface area contributed by atoms with E-state index in [1.807, 2.05) is 0 Å². The second kappa shape index (κ2) is 5.66. The van der Waals surface area contributed by atoms with Gasteiger partial charge in [-0.25, -0.2) is 12.8 Å². The number of nitrogen functional groups attached to an aromatic ring is 1. The topological polar surface area (TPSA) is 69.4 Å². The Bertz CT molecular complexity index is 567. The maximum Gasteiger partial charge on any atom is 0.158 e. The molecule has 1 rings (SSSR count). The van der Waals surface area contributed by atoms with Crippen molar-refractivity contribution in [3.05, 3.63) is 22.4 Å². The van der Waals surface area contributed by atoms with Crippen LogP contribution < -0.4 is 10.5 Å². The second-order valence-corrected chi connectivity index (χ2v) is 8.80. The summed E-state index contributed by atoms with van der Waals surface area (Å²) < 4.78 is 41.7. The van der Waals surface area contributed by atoms with Crippen LogP contribution in [0.15, 0.2) is 16.6 Å². The van der Waals surface area contributed by atoms with E-state index in [1.54, 1.807) is 20.8 Å². The number of ether oxygens (including phenoxy) is 1. The van der Waals surface area contributed by atoms with Crippen LogP contribution in [0.3, 0.4) is 0 Å². The number of hydrogen-bond donors (Lipinski definition) is 1. The van der Waals surface area contributed by atoms with E-state index in [0.717, 1.165) is 6.07 Å². The number of hydrogen-bond acceptors (Lipinski definition) is 4. The van der Waals surface area contributed by atoms with Crippen molar-refractivity contribution in [1.82, 2.24) is 0 Å². The Morgan fingerprint density at radius 3 is 2.47 bits per heavy atom. The number of halogens is 2. The molecule has 0 spiro atoms. The van der Waals surface area contributed by atoms with Gasteiger partial charge in [-0.3, -0.25) is 0 Å². The monoisotopic (exact) mass is 353 g/mol. The number of anilines is 1. The smallest absolute Gasteiger partial charge is 0.158 e. The first-order chi connectivity index (χ1) is 8.54. The third kappa shape index (κ3) is 4.07. The summed E-state index contributed by atoms with van der Waals surface area (Å²) in [5.41, 5.74) is 5.91. The van der Waals surface area contributed by atoms with Crippen LogP contribution in [-0.2, 0) is 9.84 Å². The summed E-state index contributed by atoms with van der Waals surface area (Å²) in [7, 11) is -3.27. The van der Waals surface area contributed by atoms with Crippen molar-refractivity contribution in [1.29, 1.82) is 0 Å². The fourth-order valence-corrected chi connectivity index (χ4v) is 2.51. The van der Waals surface area contributed by atoms with Crippen LogP contribution >= 0.6 is 15.9 Å². The standard InChI is InChI=1S/C12H17BrFNO3S/c1-12(2,3)19(16,17)5-4-18-11-7-9(14)8(13)6-10(11)15/h6-7H,4-5,15H2,1-3H3. The summed E-state index contributed by atoms with van der Waals surface area (Å²) in [6, 6.07) is 2.51. The lowest BCUT2D eigenvalue weighted by atomic mass is 10.3. The summed E-state index contributed by atoms with van der Waals surface area (Å²) in [6.07, 6.45) is 0. The Hall–Kier alpha value is -0.820. The first-order valence-electron chi connectivity index (χ1n) is 5.64. The third-order valence-corrected chi connectivity index (χ3v) is 5.77. The molecule has 0 radical (unpaired) electrons. The fraction of sp³-hybridized carbons (Fsp3) is 0.500. The molecule has 0 amide bonds. The Kier molecular flexibility index (Phi) is 4.84. The Labute approximate surface area is 121 Å². The number of rotatable bonds is 4. The quantitative estimate of drug-likeness (QED) is 0.845. The van der Waals surface area contributed by atoms with Crippen molar-refractivity contribution >= 4 is 31.5 Å². The molecule has 1 aromatic carbocycles. The Balaban J connectivity index is 2.72. The Morgan fingerprint density at radius 1 is 1.37 bits per heavy atom. The van der Waals surface area contributed by atoms with Gasteiger partial charge in [0.05, 0.1) is 20.7 Å². The zero-order chi connectivity index (χ0) is 14.8. The van der Waals surface area contributed by atoms with Crippen molar-refractivity contribution in [2.24, 2.45) is 0 Å². The molecule has 108 valence electrons. The van der Waals surface area contributed by atoms with Gasteiger partial charge in [-0.05, 0) is 42.8 Å². The highest BCUT2D eigenvalue weighted by Gasteiger charge is 2.28. The second-order valence-electron chi connectivity index (χ2n) is 5.08. The van der Waals surface area contributed by atoms with Gasteiger partial charge in [0, 0.05) is 6.07 Å². The minimum Gasteiger partial charge on any atom is -0.490 e. The molecular formula is C12H17BrFNO3S. The van der Waals surface area contributed by atoms with Gasteiger partial charge in [-0.2, -0.15) is 0 Å². The molecule has 4 nitrogen and oxygen atoms in total. The molecular weight excluding hydrogens is 337 g/mol. The largest absolute Gasteiger partial charge is 0.490 e. The van der Waals surface area contributed by atoms with Crippen molar-refractivity contribution in [2.45, 2.75) is 25.5 Å². The van der Waals surface area contributed by atoms with Crippen LogP contribution in [0.1, 0.15) is 20.8 Å². The number of sulfone groups is 1. The molecule has 7 heteroatoms. The average molecular weight is 354 g/mol. The van der Waals surface area contributed by atoms with Crippen LogP contribution in [0.4, 0.5) is 10.1 Å². The highest BCUT2D eigenvalue weighted by atomic mass is 79.9. The fourth-order valence-electron chi connectivity index (χ4n) is 1.24. The molecule has 0 saturated heterocycles. The van der Waals surface area contributed by atoms with Crippen LogP contribution in [-0.4, -0.2) is 25.5 Å². The van der Waals surface area contributed by atoms with Gasteiger partial charge in [0.25, 0.3) is 0 Å². The van der Waals surface area contributed by atoms with Gasteiger partial charge in [-0.1, -0.05) is 0 Å². The molecule has 0 fully saturated rings. The van der Waals surface area contributed by atoms with Crippen LogP contribution in [0, 0.1) is 5.82 Å². The van der Waals surface area contributed by atoms with E-state index in [1.165, 1.54) is 6.07 Å². The van der Waals surface area contributed by atoms with E-state index in [9.17, 15) is 12.8 Å². The first-order valence-corrected chi connectivity index (χ1v) is 8.09. The lowest BCUT2D eigenvalue weighted by molar-refractivity contribution is 0.339. The van der Waals surface area contributed by atoms with Gasteiger partial charge in [-0.15, -0.1) is 0 Å². The van der Waals surface area contributed by atoms with Crippen LogP contribution in [0.5, 0.6) is 5.75 Å². The lowest BCUT2D eigenvalue weighted by Crippen LogP contribution is -2.32. The van der Waals surface area contributed by atoms with Gasteiger partial charge in [0.1, 0.15) is 18.2 Å². The van der Waals surface area contributed by atoms with E-state index in [0.29, 0.717) is 0 Å². The van der Waals surface area contributed by atoms with Crippen LogP contribution in [0.25, 0.3) is 0 Å². The molecule has 0 unspecified atom stereocenters. The van der Waals surface area contributed by atoms with E-state index >= 15 is 0 Å². The summed E-state index contributed by atoms with van der Waals surface area (Å²) in [6.45, 7) is 4.80. The predicted molar refractivity (Wildman–Crippen MR) is 77.5 cm³/mol. The molecule has 0 atom stereocenters. The molecule has 0 bridgehead atoms. The maximum absolute atomic E-state index is 13.3. The molecule has 1 aromatic rings. The van der Waals surface area contributed by atoms with Gasteiger partial charge in [0.15, 0.2) is 9.84 Å². The average Bonchev–Trinajstić information content (AvgIpc) is 2.23. The zero-order valence-electron chi connectivity index (χ0n) is 11.0. The summed E-state index contributed by atoms with van der Waals surface area (Å²) >= 11 is 3.00. The summed E-state index contributed by atoms with van der Waals surface area (Å²) in [5, 5.41) is 0. The molecule has 2 N–H and O–H groups in total. The maximum atomic E-state index is 13.3. The van der Waals surface area contributed by atoms with Crippen LogP contribution in [0.2, 0.25) is 0 Å². The first kappa shape index (κ1) is 16.2. The normalized spacial score (nSPS) is 12.5. The molecule has 0 heterocycles. The van der Waals surface area contributed by atoms with E-state index in [4.69, 9.17) is 10.5 Å². The zero-order valence-corrected chi connectivity index (χ0v) is 13.4. The molecule has 0 aliphatic rings. The van der Waals surface area contributed by atoms with Crippen molar-refractivity contribution in [3.8, 4) is 5.75 Å². The van der Waals surface area contributed by atoms with E-state index in [-0.39, 0.29) is 28.3 Å². The molecule has 0 saturated carbocycles. The Morgan fingerprint density at radius 2 is 1.95 bits per heavy atom. The SMILES string of the molecule is CC(C)(C)S(=O)(=O)CCOc1cc(F)c(Br)cc1N. The molecule has 19 heavy (non-hydrogen) atoms. The van der Waals surface area contributed by atoms with E-state index in [2.05, 4.69) is 15.9 Å². The highest BCUT2D eigenvalue weighted by molar-refractivity contribution is 9.10. The van der Waals surface area contributed by atoms with Crippen molar-refractivity contribution in [3.63, 3.8) is 0 Å². The van der Waals surface area contributed by atoms with Gasteiger partial charge < -0.3 is 10.5 Å². The third-order valence-electron chi connectivity index (χ3n) is 2.60. The minimum atomic E-state index is -3.27. The molecule has 0 aliphatic carbocycles. The molecule has 0 aromatic heterocycles. The van der Waals surface area contributed by atoms with Gasteiger partial charge >= 0.3 is 0 Å². The van der Waals surface area contributed by atoms with Gasteiger partial charge in [0.2, 0.25) is 0 Å². The van der Waals surface area contributed by atoms with E-state index < -0.39 is 20.4 Å². The van der Waals surface area contributed by atoms with Crippen molar-refractivity contribution < 1.29 is 17.5 Å². The number of nitrogens with two attached hydrogens (primary N) is 1. The molecule has 0 aliphatic heterocycles. The lowest BCUT2D eigenvalue weighted by Gasteiger charge is -2.19. The van der Waals surface area contributed by atoms with Crippen molar-refractivity contribution in [2.75, 3.05) is 18.1 Å². The minimum absolute atomic E-state index is 0.0646. The number of benzene rings is 1. The highest BCUT2D eigenvalue weighted by Crippen LogP contribution is 2.28. The summed E-state index contributed by atoms with van der Waals surface area (Å²) in [4.78, 5) is 0.